The van der Waals surface area contributed by atoms with Crippen molar-refractivity contribution in [1.82, 2.24) is 10.2 Å². The van der Waals surface area contributed by atoms with Gasteiger partial charge in [0, 0.05) is 17.2 Å². The Morgan fingerprint density at radius 3 is 2.56 bits per heavy atom. The van der Waals surface area contributed by atoms with Crippen molar-refractivity contribution in [1.29, 1.82) is 0 Å². The van der Waals surface area contributed by atoms with Crippen LogP contribution in [0.3, 0.4) is 0 Å². The van der Waals surface area contributed by atoms with Crippen LogP contribution in [0, 0.1) is 0 Å². The Balaban J connectivity index is 1.68. The summed E-state index contributed by atoms with van der Waals surface area (Å²) in [5.74, 6) is 0.849. The molecule has 140 valence electrons. The molecule has 1 N–H and O–H groups in total. The van der Waals surface area contributed by atoms with Crippen molar-refractivity contribution in [3.8, 4) is 0 Å². The van der Waals surface area contributed by atoms with E-state index in [-0.39, 0.29) is 5.91 Å². The fourth-order valence-electron chi connectivity index (χ4n) is 3.05. The van der Waals surface area contributed by atoms with E-state index >= 15 is 0 Å². The van der Waals surface area contributed by atoms with Crippen LogP contribution < -0.4 is 5.32 Å². The zero-order valence-electron chi connectivity index (χ0n) is 15.9. The number of nitrogens with one attached hydrogen (secondary N) is 1. The fourth-order valence-corrected chi connectivity index (χ4v) is 4.10. The zero-order valence-corrected chi connectivity index (χ0v) is 16.8. The van der Waals surface area contributed by atoms with Gasteiger partial charge in [-0.1, -0.05) is 54.6 Å². The van der Waals surface area contributed by atoms with E-state index in [2.05, 4.69) is 52.7 Å². The minimum Gasteiger partial charge on any atom is -0.352 e. The fraction of sp³-hybridized carbons (Fsp3) is 0.261. The average molecular weight is 379 g/mol. The van der Waals surface area contributed by atoms with E-state index in [1.54, 1.807) is 11.8 Å². The van der Waals surface area contributed by atoms with Crippen molar-refractivity contribution in [2.24, 2.45) is 0 Å². The molecule has 0 aliphatic carbocycles. The lowest BCUT2D eigenvalue weighted by Crippen LogP contribution is -2.27. The molecule has 0 saturated heterocycles. The molecule has 3 aromatic rings. The second-order valence-corrected chi connectivity index (χ2v) is 7.85. The monoisotopic (exact) mass is 378 g/mol. The van der Waals surface area contributed by atoms with Crippen LogP contribution in [-0.4, -0.2) is 38.0 Å². The number of hydrogen-bond acceptors (Lipinski definition) is 3. The lowest BCUT2D eigenvalue weighted by Gasteiger charge is -2.12. The van der Waals surface area contributed by atoms with Gasteiger partial charge in [0.25, 0.3) is 5.91 Å². The Hall–Kier alpha value is -2.30. The summed E-state index contributed by atoms with van der Waals surface area (Å²) >= 11 is 1.72. The minimum atomic E-state index is 0.00905. The summed E-state index contributed by atoms with van der Waals surface area (Å²) < 4.78 is 0. The topological polar surface area (TPSA) is 32.3 Å². The van der Waals surface area contributed by atoms with Crippen molar-refractivity contribution < 1.29 is 4.79 Å². The molecule has 0 aliphatic heterocycles. The third-order valence-corrected chi connectivity index (χ3v) is 5.58. The van der Waals surface area contributed by atoms with Gasteiger partial charge in [-0.3, -0.25) is 4.79 Å². The summed E-state index contributed by atoms with van der Waals surface area (Å²) in [6.07, 6.45) is 0.948. The highest BCUT2D eigenvalue weighted by atomic mass is 32.2. The van der Waals surface area contributed by atoms with Crippen molar-refractivity contribution in [2.75, 3.05) is 27.2 Å². The summed E-state index contributed by atoms with van der Waals surface area (Å²) in [4.78, 5) is 15.7. The molecule has 0 aliphatic rings. The number of carbonyl (C=O) groups excluding carboxylic acids is 1. The van der Waals surface area contributed by atoms with Gasteiger partial charge < -0.3 is 10.2 Å². The number of fused-ring (bicyclic) bond motifs is 1. The van der Waals surface area contributed by atoms with E-state index in [4.69, 9.17) is 0 Å². The number of hydrogen-bond donors (Lipinski definition) is 1. The van der Waals surface area contributed by atoms with Crippen molar-refractivity contribution in [3.63, 3.8) is 0 Å². The summed E-state index contributed by atoms with van der Waals surface area (Å²) in [5.41, 5.74) is 2.05. The standard InChI is InChI=1S/C23H26N2OS/c1-25(2)16-8-15-24-23(26)21-13-5-6-14-22(21)27-17-19-11-7-10-18-9-3-4-12-20(18)19/h3-7,9-14H,8,15-17H2,1-2H3,(H,24,26). The molecule has 0 spiro atoms. The molecule has 27 heavy (non-hydrogen) atoms. The molecular formula is C23H26N2OS. The quantitative estimate of drug-likeness (QED) is 0.451. The Kier molecular flexibility index (Phi) is 6.91. The largest absolute Gasteiger partial charge is 0.352 e. The van der Waals surface area contributed by atoms with Crippen LogP contribution >= 0.6 is 11.8 Å². The maximum absolute atomic E-state index is 12.6. The molecule has 0 bridgehead atoms. The normalized spacial score (nSPS) is 11.1. The molecule has 0 atom stereocenters. The first kappa shape index (κ1) is 19.5. The lowest BCUT2D eigenvalue weighted by molar-refractivity contribution is 0.0949. The SMILES string of the molecule is CN(C)CCCNC(=O)c1ccccc1SCc1cccc2ccccc12. The maximum atomic E-state index is 12.6. The molecule has 3 nitrogen and oxygen atoms in total. The molecule has 0 radical (unpaired) electrons. The van der Waals surface area contributed by atoms with Gasteiger partial charge >= 0.3 is 0 Å². The first-order chi connectivity index (χ1) is 13.1. The van der Waals surface area contributed by atoms with E-state index in [0.717, 1.165) is 29.2 Å². The number of nitrogens with zero attached hydrogens (tertiary/aromatic N) is 1. The third-order valence-electron chi connectivity index (χ3n) is 4.46. The van der Waals surface area contributed by atoms with Crippen LogP contribution in [0.4, 0.5) is 0 Å². The lowest BCUT2D eigenvalue weighted by atomic mass is 10.1. The molecule has 3 aromatic carbocycles. The number of thioether (sulfide) groups is 1. The van der Waals surface area contributed by atoms with E-state index in [1.165, 1.54) is 16.3 Å². The Labute approximate surface area is 165 Å². The van der Waals surface area contributed by atoms with Gasteiger partial charge in [-0.25, -0.2) is 0 Å². The average Bonchev–Trinajstić information content (AvgIpc) is 2.69. The molecule has 0 unspecified atom stereocenters. The summed E-state index contributed by atoms with van der Waals surface area (Å²) in [5, 5.41) is 5.57. The molecule has 4 heteroatoms. The predicted molar refractivity (Wildman–Crippen MR) is 115 cm³/mol. The van der Waals surface area contributed by atoms with E-state index < -0.39 is 0 Å². The van der Waals surface area contributed by atoms with E-state index in [0.29, 0.717) is 6.54 Å². The highest BCUT2D eigenvalue weighted by Gasteiger charge is 2.11. The van der Waals surface area contributed by atoms with Crippen LogP contribution in [0.25, 0.3) is 10.8 Å². The van der Waals surface area contributed by atoms with Gasteiger partial charge in [-0.05, 0) is 55.5 Å². The second-order valence-electron chi connectivity index (χ2n) is 6.84. The summed E-state index contributed by atoms with van der Waals surface area (Å²) in [7, 11) is 4.09. The number of benzene rings is 3. The Morgan fingerprint density at radius 1 is 0.963 bits per heavy atom. The minimum absolute atomic E-state index is 0.00905. The predicted octanol–water partition coefficient (Wildman–Crippen LogP) is 4.81. The second kappa shape index (κ2) is 9.58. The molecule has 0 aromatic heterocycles. The van der Waals surface area contributed by atoms with Crippen molar-refractivity contribution in [3.05, 3.63) is 77.9 Å². The van der Waals surface area contributed by atoms with Crippen LogP contribution in [0.15, 0.2) is 71.6 Å². The first-order valence-electron chi connectivity index (χ1n) is 9.26. The third kappa shape index (κ3) is 5.34. The summed E-state index contributed by atoms with van der Waals surface area (Å²) in [6, 6.07) is 22.7. The molecular weight excluding hydrogens is 352 g/mol. The van der Waals surface area contributed by atoms with Crippen LogP contribution in [0.5, 0.6) is 0 Å². The van der Waals surface area contributed by atoms with Gasteiger partial charge in [0.15, 0.2) is 0 Å². The van der Waals surface area contributed by atoms with Gasteiger partial charge in [0.2, 0.25) is 0 Å². The highest BCUT2D eigenvalue weighted by Crippen LogP contribution is 2.29. The van der Waals surface area contributed by atoms with Gasteiger partial charge in [0.1, 0.15) is 0 Å². The van der Waals surface area contributed by atoms with Gasteiger partial charge in [-0.15, -0.1) is 11.8 Å². The maximum Gasteiger partial charge on any atom is 0.252 e. The Morgan fingerprint density at radius 2 is 1.70 bits per heavy atom. The summed E-state index contributed by atoms with van der Waals surface area (Å²) in [6.45, 7) is 1.66. The van der Waals surface area contributed by atoms with Crippen molar-refractivity contribution in [2.45, 2.75) is 17.1 Å². The highest BCUT2D eigenvalue weighted by molar-refractivity contribution is 7.98. The first-order valence-corrected chi connectivity index (χ1v) is 10.2. The van der Waals surface area contributed by atoms with Gasteiger partial charge in [-0.2, -0.15) is 0 Å². The smallest absolute Gasteiger partial charge is 0.252 e. The van der Waals surface area contributed by atoms with Crippen molar-refractivity contribution >= 4 is 28.4 Å². The zero-order chi connectivity index (χ0) is 19.1. The van der Waals surface area contributed by atoms with Crippen LogP contribution in [0.2, 0.25) is 0 Å². The van der Waals surface area contributed by atoms with Crippen LogP contribution in [-0.2, 0) is 5.75 Å². The molecule has 0 heterocycles. The van der Waals surface area contributed by atoms with E-state index in [1.807, 2.05) is 38.4 Å². The Bertz CT molecular complexity index is 902. The molecule has 0 fully saturated rings. The number of carbonyl (C=O) groups is 1. The van der Waals surface area contributed by atoms with Crippen LogP contribution in [0.1, 0.15) is 22.3 Å². The van der Waals surface area contributed by atoms with Gasteiger partial charge in [0.05, 0.1) is 5.56 Å². The molecule has 3 rings (SSSR count). The number of rotatable bonds is 8. The molecule has 0 saturated carbocycles. The number of amides is 1. The molecule has 1 amide bonds. The van der Waals surface area contributed by atoms with E-state index in [9.17, 15) is 4.79 Å².